The van der Waals surface area contributed by atoms with Gasteiger partial charge >= 0.3 is 0 Å². The number of furan rings is 1. The summed E-state index contributed by atoms with van der Waals surface area (Å²) in [5, 5.41) is 0. The van der Waals surface area contributed by atoms with Crippen molar-refractivity contribution in [2.24, 2.45) is 0 Å². The highest BCUT2D eigenvalue weighted by atomic mass is 32.2. The first-order chi connectivity index (χ1) is 13.4. The van der Waals surface area contributed by atoms with Crippen LogP contribution in [0.25, 0.3) is 0 Å². The van der Waals surface area contributed by atoms with Crippen molar-refractivity contribution in [1.29, 1.82) is 0 Å². The van der Waals surface area contributed by atoms with E-state index in [0.717, 1.165) is 42.7 Å². The second kappa shape index (κ2) is 7.25. The van der Waals surface area contributed by atoms with Gasteiger partial charge in [-0.2, -0.15) is 4.31 Å². The molecule has 1 fully saturated rings. The molecule has 1 amide bonds. The Bertz CT molecular complexity index is 1010. The van der Waals surface area contributed by atoms with Crippen LogP contribution < -0.4 is 9.64 Å². The van der Waals surface area contributed by atoms with E-state index in [1.165, 1.54) is 10.4 Å². The van der Waals surface area contributed by atoms with Crippen LogP contribution >= 0.6 is 0 Å². The Hall–Kier alpha value is -2.32. The summed E-state index contributed by atoms with van der Waals surface area (Å²) in [6, 6.07) is 7.00. The summed E-state index contributed by atoms with van der Waals surface area (Å²) < 4.78 is 38.1. The van der Waals surface area contributed by atoms with E-state index < -0.39 is 10.0 Å². The maximum Gasteiger partial charge on any atom is 0.294 e. The molecule has 0 atom stereocenters. The van der Waals surface area contributed by atoms with Gasteiger partial charge in [-0.15, -0.1) is 0 Å². The van der Waals surface area contributed by atoms with Gasteiger partial charge in [0, 0.05) is 31.4 Å². The lowest BCUT2D eigenvalue weighted by Gasteiger charge is -2.29. The van der Waals surface area contributed by atoms with Crippen LogP contribution in [0, 0.1) is 6.92 Å². The van der Waals surface area contributed by atoms with Crippen LogP contribution in [0.3, 0.4) is 0 Å². The fourth-order valence-electron chi connectivity index (χ4n) is 3.94. The third-order valence-corrected chi connectivity index (χ3v) is 7.42. The molecule has 150 valence electrons. The average molecular weight is 404 g/mol. The lowest BCUT2D eigenvalue weighted by atomic mass is 10.0. The highest BCUT2D eigenvalue weighted by Gasteiger charge is 2.33. The zero-order valence-electron chi connectivity index (χ0n) is 16.1. The molecule has 0 N–H and O–H groups in total. The summed E-state index contributed by atoms with van der Waals surface area (Å²) in [5.41, 5.74) is 1.85. The number of ether oxygens (including phenoxy) is 1. The minimum absolute atomic E-state index is 0.0546. The van der Waals surface area contributed by atoms with E-state index in [0.29, 0.717) is 19.6 Å². The SMILES string of the molecule is COc1ccc2c(c1)CCCN2C(=O)c1cc(S(=O)(=O)N2CCCC2)c(C)o1. The summed E-state index contributed by atoms with van der Waals surface area (Å²) >= 11 is 0. The Morgan fingerprint density at radius 1 is 1.11 bits per heavy atom. The number of hydrogen-bond donors (Lipinski definition) is 0. The number of carbonyl (C=O) groups is 1. The summed E-state index contributed by atoms with van der Waals surface area (Å²) in [4.78, 5) is 14.9. The van der Waals surface area contributed by atoms with Gasteiger partial charge in [0.05, 0.1) is 7.11 Å². The number of benzene rings is 1. The summed E-state index contributed by atoms with van der Waals surface area (Å²) in [6.07, 6.45) is 3.40. The van der Waals surface area contributed by atoms with E-state index in [4.69, 9.17) is 9.15 Å². The molecule has 0 spiro atoms. The van der Waals surface area contributed by atoms with Gasteiger partial charge in [0.25, 0.3) is 5.91 Å². The Morgan fingerprint density at radius 2 is 1.86 bits per heavy atom. The molecule has 3 heterocycles. The molecule has 0 aliphatic carbocycles. The van der Waals surface area contributed by atoms with Gasteiger partial charge in [-0.1, -0.05) is 0 Å². The van der Waals surface area contributed by atoms with Crippen LogP contribution in [0.15, 0.2) is 33.6 Å². The molecule has 28 heavy (non-hydrogen) atoms. The number of rotatable bonds is 4. The maximum atomic E-state index is 13.1. The van der Waals surface area contributed by atoms with E-state index in [1.54, 1.807) is 18.9 Å². The number of carbonyl (C=O) groups excluding carboxylic acids is 1. The number of fused-ring (bicyclic) bond motifs is 1. The quantitative estimate of drug-likeness (QED) is 0.783. The minimum Gasteiger partial charge on any atom is -0.497 e. The molecule has 2 aromatic rings. The molecule has 1 aromatic carbocycles. The topological polar surface area (TPSA) is 80.1 Å². The zero-order valence-corrected chi connectivity index (χ0v) is 16.9. The Balaban J connectivity index is 1.65. The summed E-state index contributed by atoms with van der Waals surface area (Å²) in [5.74, 6) is 0.735. The van der Waals surface area contributed by atoms with E-state index in [9.17, 15) is 13.2 Å². The van der Waals surface area contributed by atoms with Gasteiger partial charge < -0.3 is 14.1 Å². The number of anilines is 1. The van der Waals surface area contributed by atoms with Crippen LogP contribution in [0.4, 0.5) is 5.69 Å². The lowest BCUT2D eigenvalue weighted by Crippen LogP contribution is -2.35. The normalized spacial score (nSPS) is 17.6. The smallest absolute Gasteiger partial charge is 0.294 e. The maximum absolute atomic E-state index is 13.1. The number of sulfonamides is 1. The highest BCUT2D eigenvalue weighted by molar-refractivity contribution is 7.89. The van der Waals surface area contributed by atoms with Crippen LogP contribution in [0.2, 0.25) is 0 Å². The van der Waals surface area contributed by atoms with E-state index in [1.807, 2.05) is 18.2 Å². The van der Waals surface area contributed by atoms with Gasteiger partial charge in [-0.05, 0) is 56.4 Å². The number of methoxy groups -OCH3 is 1. The molecule has 0 saturated carbocycles. The highest BCUT2D eigenvalue weighted by Crippen LogP contribution is 2.33. The first-order valence-electron chi connectivity index (χ1n) is 9.51. The van der Waals surface area contributed by atoms with Crippen molar-refractivity contribution in [3.05, 3.63) is 41.3 Å². The molecule has 0 unspecified atom stereocenters. The summed E-state index contributed by atoms with van der Waals surface area (Å²) in [7, 11) is -2.02. The van der Waals surface area contributed by atoms with Crippen LogP contribution in [-0.2, 0) is 16.4 Å². The number of nitrogens with zero attached hydrogens (tertiary/aromatic N) is 2. The number of amides is 1. The molecular formula is C20H24N2O5S. The first-order valence-corrected chi connectivity index (χ1v) is 10.9. The molecule has 7 nitrogen and oxygen atoms in total. The van der Waals surface area contributed by atoms with Crippen molar-refractivity contribution < 1.29 is 22.4 Å². The van der Waals surface area contributed by atoms with Crippen molar-refractivity contribution in [3.63, 3.8) is 0 Å². The van der Waals surface area contributed by atoms with Crippen LogP contribution in [0.1, 0.15) is 41.1 Å². The predicted octanol–water partition coefficient (Wildman–Crippen LogP) is 2.97. The molecular weight excluding hydrogens is 380 g/mol. The predicted molar refractivity (Wildman–Crippen MR) is 104 cm³/mol. The van der Waals surface area contributed by atoms with Gasteiger partial charge in [0.15, 0.2) is 5.76 Å². The standard InChI is InChI=1S/C20H24N2O5S/c1-14-19(28(24,25)21-9-3-4-10-21)13-18(27-14)20(23)22-11-5-6-15-12-16(26-2)7-8-17(15)22/h7-8,12-13H,3-6,9-11H2,1-2H3. The zero-order chi connectivity index (χ0) is 19.9. The first kappa shape index (κ1) is 19.0. The second-order valence-corrected chi connectivity index (χ2v) is 9.10. The molecule has 1 saturated heterocycles. The Labute approximate surface area is 164 Å². The van der Waals surface area contributed by atoms with E-state index >= 15 is 0 Å². The third kappa shape index (κ3) is 3.20. The molecule has 2 aliphatic heterocycles. The fraction of sp³-hybridized carbons (Fsp3) is 0.450. The minimum atomic E-state index is -3.63. The molecule has 0 bridgehead atoms. The largest absolute Gasteiger partial charge is 0.497 e. The Morgan fingerprint density at radius 3 is 2.57 bits per heavy atom. The monoisotopic (exact) mass is 404 g/mol. The van der Waals surface area contributed by atoms with Crippen molar-refractivity contribution in [2.75, 3.05) is 31.6 Å². The molecule has 4 rings (SSSR count). The summed E-state index contributed by atoms with van der Waals surface area (Å²) in [6.45, 7) is 3.18. The number of aryl methyl sites for hydroxylation is 2. The average Bonchev–Trinajstić information content (AvgIpc) is 3.37. The van der Waals surface area contributed by atoms with Crippen molar-refractivity contribution in [2.45, 2.75) is 37.5 Å². The van der Waals surface area contributed by atoms with Crippen molar-refractivity contribution in [3.8, 4) is 5.75 Å². The number of hydrogen-bond acceptors (Lipinski definition) is 5. The van der Waals surface area contributed by atoms with E-state index in [-0.39, 0.29) is 22.3 Å². The van der Waals surface area contributed by atoms with Crippen molar-refractivity contribution >= 4 is 21.6 Å². The van der Waals surface area contributed by atoms with Crippen LogP contribution in [-0.4, -0.2) is 45.4 Å². The molecule has 0 radical (unpaired) electrons. The second-order valence-electron chi connectivity index (χ2n) is 7.20. The van der Waals surface area contributed by atoms with Gasteiger partial charge in [0.1, 0.15) is 16.4 Å². The van der Waals surface area contributed by atoms with Crippen LogP contribution in [0.5, 0.6) is 5.75 Å². The molecule has 2 aliphatic rings. The van der Waals surface area contributed by atoms with Gasteiger partial charge in [0.2, 0.25) is 10.0 Å². The van der Waals surface area contributed by atoms with Gasteiger partial charge in [-0.3, -0.25) is 4.79 Å². The Kier molecular flexibility index (Phi) is 4.93. The molecule has 1 aromatic heterocycles. The third-order valence-electron chi connectivity index (χ3n) is 5.42. The van der Waals surface area contributed by atoms with Gasteiger partial charge in [-0.25, -0.2) is 8.42 Å². The fourth-order valence-corrected chi connectivity index (χ4v) is 5.62. The van der Waals surface area contributed by atoms with Crippen molar-refractivity contribution in [1.82, 2.24) is 4.31 Å². The van der Waals surface area contributed by atoms with E-state index in [2.05, 4.69) is 0 Å². The lowest BCUT2D eigenvalue weighted by molar-refractivity contribution is 0.0957. The molecule has 8 heteroatoms.